The molecule has 0 spiro atoms. The maximum atomic E-state index is 6.19. The van der Waals surface area contributed by atoms with Gasteiger partial charge in [0, 0.05) is 5.02 Å². The highest BCUT2D eigenvalue weighted by Crippen LogP contribution is 2.34. The van der Waals surface area contributed by atoms with Crippen LogP contribution in [-0.4, -0.2) is 23.2 Å². The molecular weight excluding hydrogens is 328 g/mol. The van der Waals surface area contributed by atoms with Crippen molar-refractivity contribution in [2.75, 3.05) is 18.2 Å². The van der Waals surface area contributed by atoms with Crippen LogP contribution in [-0.2, 0) is 0 Å². The van der Waals surface area contributed by atoms with Gasteiger partial charge in [-0.05, 0) is 43.9 Å². The lowest BCUT2D eigenvalue weighted by atomic mass is 9.98. The van der Waals surface area contributed by atoms with Crippen molar-refractivity contribution in [1.82, 2.24) is 9.97 Å². The number of benzene rings is 1. The van der Waals surface area contributed by atoms with E-state index in [1.165, 1.54) is 25.6 Å². The summed E-state index contributed by atoms with van der Waals surface area (Å²) in [5.74, 6) is 1.53. The molecule has 1 saturated carbocycles. The normalized spacial score (nSPS) is 15.1. The number of anilines is 3. The van der Waals surface area contributed by atoms with Crippen molar-refractivity contribution in [3.63, 3.8) is 0 Å². The number of aromatic nitrogens is 2. The van der Waals surface area contributed by atoms with E-state index in [-0.39, 0.29) is 6.10 Å². The van der Waals surface area contributed by atoms with Crippen molar-refractivity contribution in [3.8, 4) is 11.6 Å². The van der Waals surface area contributed by atoms with E-state index >= 15 is 0 Å². The van der Waals surface area contributed by atoms with Crippen molar-refractivity contribution in [2.45, 2.75) is 38.2 Å². The molecule has 6 nitrogen and oxygen atoms in total. The molecule has 0 unspecified atom stereocenters. The van der Waals surface area contributed by atoms with Gasteiger partial charge in [0.1, 0.15) is 23.9 Å². The molecule has 2 aromatic rings. The Hall–Kier alpha value is -2.21. The lowest BCUT2D eigenvalue weighted by molar-refractivity contribution is 0.149. The Morgan fingerprint density at radius 1 is 1.21 bits per heavy atom. The number of rotatable bonds is 5. The summed E-state index contributed by atoms with van der Waals surface area (Å²) in [6.07, 6.45) is 7.31. The summed E-state index contributed by atoms with van der Waals surface area (Å²) in [7, 11) is 1.59. The first kappa shape index (κ1) is 16.6. The Morgan fingerprint density at radius 2 is 2.00 bits per heavy atom. The molecular formula is C17H21ClN4O2. The monoisotopic (exact) mass is 348 g/mol. The number of halogens is 1. The molecule has 0 bridgehead atoms. The minimum Gasteiger partial charge on any atom is -0.495 e. The lowest BCUT2D eigenvalue weighted by Crippen LogP contribution is -2.21. The van der Waals surface area contributed by atoms with Gasteiger partial charge in [-0.2, -0.15) is 4.98 Å². The van der Waals surface area contributed by atoms with Gasteiger partial charge in [0.25, 0.3) is 0 Å². The zero-order valence-electron chi connectivity index (χ0n) is 13.6. The number of methoxy groups -OCH3 is 1. The maximum absolute atomic E-state index is 6.19. The van der Waals surface area contributed by atoms with E-state index in [9.17, 15) is 0 Å². The molecule has 7 heteroatoms. The molecule has 3 N–H and O–H groups in total. The summed E-state index contributed by atoms with van der Waals surface area (Å²) in [6.45, 7) is 0. The van der Waals surface area contributed by atoms with Gasteiger partial charge in [-0.15, -0.1) is 0 Å². The molecule has 1 aliphatic rings. The molecule has 0 atom stereocenters. The van der Waals surface area contributed by atoms with E-state index < -0.39 is 0 Å². The summed E-state index contributed by atoms with van der Waals surface area (Å²) < 4.78 is 11.3. The van der Waals surface area contributed by atoms with Gasteiger partial charge in [0.05, 0.1) is 12.8 Å². The predicted octanol–water partition coefficient (Wildman–Crippen LogP) is 4.18. The van der Waals surface area contributed by atoms with Gasteiger partial charge in [0.15, 0.2) is 5.82 Å². The van der Waals surface area contributed by atoms with Crippen molar-refractivity contribution >= 4 is 28.8 Å². The average molecular weight is 349 g/mol. The second kappa shape index (κ2) is 7.57. The average Bonchev–Trinajstić information content (AvgIpc) is 2.60. The highest BCUT2D eigenvalue weighted by Gasteiger charge is 2.19. The molecule has 3 rings (SSSR count). The topological polar surface area (TPSA) is 82.3 Å². The Labute approximate surface area is 146 Å². The van der Waals surface area contributed by atoms with Crippen LogP contribution in [0.15, 0.2) is 24.5 Å². The molecule has 1 aromatic heterocycles. The largest absolute Gasteiger partial charge is 0.495 e. The number of ether oxygens (including phenoxy) is 2. The van der Waals surface area contributed by atoms with E-state index in [0.717, 1.165) is 12.8 Å². The first-order valence-corrected chi connectivity index (χ1v) is 8.43. The van der Waals surface area contributed by atoms with E-state index in [0.29, 0.717) is 33.8 Å². The zero-order chi connectivity index (χ0) is 16.9. The van der Waals surface area contributed by atoms with Crippen LogP contribution >= 0.6 is 11.6 Å². The number of nitrogens with one attached hydrogen (secondary N) is 1. The van der Waals surface area contributed by atoms with Crippen molar-refractivity contribution < 1.29 is 9.47 Å². The Bertz CT molecular complexity index is 705. The van der Waals surface area contributed by atoms with Crippen LogP contribution in [0.2, 0.25) is 5.02 Å². The van der Waals surface area contributed by atoms with Crippen LogP contribution in [0.3, 0.4) is 0 Å². The SMILES string of the molecule is COc1ccc(Cl)cc1Nc1ncnc(OC2CCCCC2)c1N. The third-order valence-corrected chi connectivity index (χ3v) is 4.33. The van der Waals surface area contributed by atoms with Gasteiger partial charge in [0.2, 0.25) is 5.88 Å². The van der Waals surface area contributed by atoms with Crippen LogP contribution in [0.1, 0.15) is 32.1 Å². The standard InChI is InChI=1S/C17H21ClN4O2/c1-23-14-8-7-11(18)9-13(14)22-16-15(19)17(21-10-20-16)24-12-5-3-2-4-6-12/h7-10,12H,2-6,19H2,1H3,(H,20,21,22). The fraction of sp³-hybridized carbons (Fsp3) is 0.412. The van der Waals surface area contributed by atoms with Crippen molar-refractivity contribution in [1.29, 1.82) is 0 Å². The Morgan fingerprint density at radius 3 is 2.75 bits per heavy atom. The second-order valence-electron chi connectivity index (χ2n) is 5.79. The van der Waals surface area contributed by atoms with Gasteiger partial charge < -0.3 is 20.5 Å². The number of hydrogen-bond donors (Lipinski definition) is 2. The number of nitrogens with zero attached hydrogens (tertiary/aromatic N) is 2. The summed E-state index contributed by atoms with van der Waals surface area (Å²) >= 11 is 6.06. The van der Waals surface area contributed by atoms with Crippen LogP contribution in [0.25, 0.3) is 0 Å². The third kappa shape index (κ3) is 3.82. The van der Waals surface area contributed by atoms with E-state index in [4.69, 9.17) is 26.8 Å². The van der Waals surface area contributed by atoms with E-state index in [2.05, 4.69) is 15.3 Å². The van der Waals surface area contributed by atoms with E-state index in [1.54, 1.807) is 25.3 Å². The van der Waals surface area contributed by atoms with Gasteiger partial charge in [-0.1, -0.05) is 18.0 Å². The van der Waals surface area contributed by atoms with Gasteiger partial charge >= 0.3 is 0 Å². The summed E-state index contributed by atoms with van der Waals surface area (Å²) in [5, 5.41) is 3.73. The van der Waals surface area contributed by atoms with Gasteiger partial charge in [-0.3, -0.25) is 0 Å². The molecule has 0 saturated heterocycles. The summed E-state index contributed by atoms with van der Waals surface area (Å²) in [5.41, 5.74) is 7.25. The number of nitrogen functional groups attached to an aromatic ring is 1. The molecule has 24 heavy (non-hydrogen) atoms. The minimum atomic E-state index is 0.171. The molecule has 1 aliphatic carbocycles. The van der Waals surface area contributed by atoms with Crippen LogP contribution in [0.5, 0.6) is 11.6 Å². The molecule has 1 fully saturated rings. The van der Waals surface area contributed by atoms with Gasteiger partial charge in [-0.25, -0.2) is 4.98 Å². The van der Waals surface area contributed by atoms with Crippen LogP contribution in [0, 0.1) is 0 Å². The first-order valence-electron chi connectivity index (χ1n) is 8.05. The zero-order valence-corrected chi connectivity index (χ0v) is 14.3. The molecule has 1 heterocycles. The number of hydrogen-bond acceptors (Lipinski definition) is 6. The Balaban J connectivity index is 1.81. The Kier molecular flexibility index (Phi) is 5.25. The molecule has 1 aromatic carbocycles. The first-order chi connectivity index (χ1) is 11.7. The second-order valence-corrected chi connectivity index (χ2v) is 6.23. The van der Waals surface area contributed by atoms with Crippen molar-refractivity contribution in [2.24, 2.45) is 0 Å². The molecule has 0 radical (unpaired) electrons. The highest BCUT2D eigenvalue weighted by molar-refractivity contribution is 6.31. The van der Waals surface area contributed by atoms with Crippen LogP contribution in [0.4, 0.5) is 17.2 Å². The minimum absolute atomic E-state index is 0.171. The summed E-state index contributed by atoms with van der Waals surface area (Å²) in [4.78, 5) is 8.39. The smallest absolute Gasteiger partial charge is 0.242 e. The van der Waals surface area contributed by atoms with Crippen LogP contribution < -0.4 is 20.5 Å². The molecule has 0 amide bonds. The van der Waals surface area contributed by atoms with E-state index in [1.807, 2.05) is 0 Å². The lowest BCUT2D eigenvalue weighted by Gasteiger charge is -2.23. The maximum Gasteiger partial charge on any atom is 0.242 e. The van der Waals surface area contributed by atoms with Crippen molar-refractivity contribution in [3.05, 3.63) is 29.5 Å². The molecule has 128 valence electrons. The fourth-order valence-electron chi connectivity index (χ4n) is 2.82. The quantitative estimate of drug-likeness (QED) is 0.843. The number of nitrogens with two attached hydrogens (primary N) is 1. The molecule has 0 aliphatic heterocycles. The highest BCUT2D eigenvalue weighted by atomic mass is 35.5. The fourth-order valence-corrected chi connectivity index (χ4v) is 2.99. The summed E-state index contributed by atoms with van der Waals surface area (Å²) in [6, 6.07) is 5.29. The predicted molar refractivity (Wildman–Crippen MR) is 95.2 cm³/mol. The third-order valence-electron chi connectivity index (χ3n) is 4.09.